The van der Waals surface area contributed by atoms with Crippen LogP contribution in [0.25, 0.3) is 0 Å². The van der Waals surface area contributed by atoms with E-state index >= 15 is 0 Å². The van der Waals surface area contributed by atoms with Crippen molar-refractivity contribution in [3.05, 3.63) is 59.4 Å². The first-order valence-corrected chi connectivity index (χ1v) is 7.03. The quantitative estimate of drug-likeness (QED) is 0.850. The van der Waals surface area contributed by atoms with E-state index in [-0.39, 0.29) is 17.6 Å². The Balaban J connectivity index is 2.14. The zero-order valence-corrected chi connectivity index (χ0v) is 12.3. The van der Waals surface area contributed by atoms with E-state index in [0.29, 0.717) is 12.4 Å². The number of rotatable bonds is 6. The van der Waals surface area contributed by atoms with Crippen molar-refractivity contribution in [1.29, 1.82) is 0 Å². The van der Waals surface area contributed by atoms with Gasteiger partial charge in [0.15, 0.2) is 0 Å². The lowest BCUT2D eigenvalue weighted by Crippen LogP contribution is -2.18. The maximum atomic E-state index is 13.4. The van der Waals surface area contributed by atoms with Gasteiger partial charge in [-0.15, -0.1) is 0 Å². The first kappa shape index (κ1) is 15.3. The van der Waals surface area contributed by atoms with Gasteiger partial charge in [0.1, 0.15) is 23.9 Å². The van der Waals surface area contributed by atoms with Crippen LogP contribution in [0, 0.1) is 5.82 Å². The number of phenolic OH excluding ortho intramolecular Hbond substituents is 1. The summed E-state index contributed by atoms with van der Waals surface area (Å²) in [4.78, 5) is 0. The van der Waals surface area contributed by atoms with Gasteiger partial charge in [-0.05, 0) is 37.2 Å². The highest BCUT2D eigenvalue weighted by atomic mass is 19.1. The zero-order chi connectivity index (χ0) is 15.2. The summed E-state index contributed by atoms with van der Waals surface area (Å²) >= 11 is 0. The van der Waals surface area contributed by atoms with Crippen molar-refractivity contribution >= 4 is 0 Å². The third-order valence-electron chi connectivity index (χ3n) is 3.28. The third-order valence-corrected chi connectivity index (χ3v) is 3.28. The van der Waals surface area contributed by atoms with Crippen LogP contribution in [0.4, 0.5) is 4.39 Å². The minimum atomic E-state index is -0.317. The van der Waals surface area contributed by atoms with Crippen LogP contribution in [0.1, 0.15) is 31.0 Å². The van der Waals surface area contributed by atoms with E-state index in [9.17, 15) is 9.50 Å². The highest BCUT2D eigenvalue weighted by molar-refractivity contribution is 5.36. The molecule has 0 amide bonds. The molecule has 1 atom stereocenters. The van der Waals surface area contributed by atoms with Crippen LogP contribution in [-0.4, -0.2) is 11.7 Å². The van der Waals surface area contributed by atoms with Crippen LogP contribution in [-0.2, 0) is 6.61 Å². The highest BCUT2D eigenvalue weighted by Gasteiger charge is 2.12. The number of halogens is 1. The monoisotopic (exact) mass is 289 g/mol. The van der Waals surface area contributed by atoms with Crippen molar-refractivity contribution in [2.24, 2.45) is 0 Å². The van der Waals surface area contributed by atoms with Crippen LogP contribution in [0.2, 0.25) is 0 Å². The number of phenols is 1. The van der Waals surface area contributed by atoms with E-state index in [1.165, 1.54) is 12.1 Å². The van der Waals surface area contributed by atoms with Gasteiger partial charge in [0.2, 0.25) is 0 Å². The van der Waals surface area contributed by atoms with Crippen LogP contribution in [0.3, 0.4) is 0 Å². The Morgan fingerprint density at radius 1 is 1.19 bits per heavy atom. The fraction of sp³-hybridized carbons (Fsp3) is 0.294. The summed E-state index contributed by atoms with van der Waals surface area (Å²) in [5.74, 6) is 0.436. The van der Waals surface area contributed by atoms with Crippen LogP contribution >= 0.6 is 0 Å². The normalized spacial score (nSPS) is 12.1. The molecule has 0 aliphatic heterocycles. The van der Waals surface area contributed by atoms with Crippen LogP contribution < -0.4 is 10.1 Å². The molecule has 0 aliphatic carbocycles. The number of hydrogen-bond donors (Lipinski definition) is 2. The van der Waals surface area contributed by atoms with Gasteiger partial charge in [0.25, 0.3) is 0 Å². The molecule has 2 aromatic carbocycles. The first-order valence-electron chi connectivity index (χ1n) is 7.03. The van der Waals surface area contributed by atoms with Crippen molar-refractivity contribution < 1.29 is 14.2 Å². The van der Waals surface area contributed by atoms with Gasteiger partial charge in [-0.25, -0.2) is 4.39 Å². The van der Waals surface area contributed by atoms with E-state index in [1.807, 2.05) is 13.8 Å². The van der Waals surface area contributed by atoms with E-state index in [1.54, 1.807) is 30.3 Å². The molecule has 0 fully saturated rings. The molecular formula is C17H20FNO2. The average molecular weight is 289 g/mol. The lowest BCUT2D eigenvalue weighted by atomic mass is 10.1. The molecule has 4 heteroatoms. The predicted molar refractivity (Wildman–Crippen MR) is 80.9 cm³/mol. The molecule has 3 nitrogen and oxygen atoms in total. The van der Waals surface area contributed by atoms with E-state index in [4.69, 9.17) is 4.74 Å². The fourth-order valence-electron chi connectivity index (χ4n) is 2.16. The molecule has 2 N–H and O–H groups in total. The van der Waals surface area contributed by atoms with Gasteiger partial charge in [0, 0.05) is 17.7 Å². The third kappa shape index (κ3) is 4.20. The van der Waals surface area contributed by atoms with Gasteiger partial charge < -0.3 is 15.2 Å². The zero-order valence-electron chi connectivity index (χ0n) is 12.3. The predicted octanol–water partition coefficient (Wildman–Crippen LogP) is 3.78. The summed E-state index contributed by atoms with van der Waals surface area (Å²) in [5.41, 5.74) is 1.84. The smallest absolute Gasteiger partial charge is 0.127 e. The van der Waals surface area contributed by atoms with Gasteiger partial charge in [-0.1, -0.05) is 25.1 Å². The van der Waals surface area contributed by atoms with Crippen molar-refractivity contribution in [2.75, 3.05) is 6.54 Å². The van der Waals surface area contributed by atoms with Gasteiger partial charge in [-0.2, -0.15) is 0 Å². The van der Waals surface area contributed by atoms with Crippen LogP contribution in [0.15, 0.2) is 42.5 Å². The molecule has 2 aromatic rings. The Kier molecular flexibility index (Phi) is 5.17. The highest BCUT2D eigenvalue weighted by Crippen LogP contribution is 2.27. The molecule has 0 radical (unpaired) electrons. The maximum absolute atomic E-state index is 13.4. The molecule has 112 valence electrons. The summed E-state index contributed by atoms with van der Waals surface area (Å²) in [6.45, 7) is 5.20. The fourth-order valence-corrected chi connectivity index (χ4v) is 2.16. The topological polar surface area (TPSA) is 41.5 Å². The SMILES string of the molecule is CCNC(C)c1ccc(F)cc1OCc1ccc(O)cc1. The number of ether oxygens (including phenoxy) is 1. The van der Waals surface area contributed by atoms with E-state index in [2.05, 4.69) is 5.32 Å². The molecule has 0 bridgehead atoms. The summed E-state index contributed by atoms with van der Waals surface area (Å²) in [6.07, 6.45) is 0. The Morgan fingerprint density at radius 3 is 2.57 bits per heavy atom. The molecule has 2 rings (SSSR count). The van der Waals surface area contributed by atoms with Crippen molar-refractivity contribution in [3.63, 3.8) is 0 Å². The minimum Gasteiger partial charge on any atom is -0.508 e. The second-order valence-electron chi connectivity index (χ2n) is 4.92. The van der Waals surface area contributed by atoms with Crippen LogP contribution in [0.5, 0.6) is 11.5 Å². The average Bonchev–Trinajstić information content (AvgIpc) is 2.47. The summed E-state index contributed by atoms with van der Waals surface area (Å²) in [5, 5.41) is 12.5. The number of benzene rings is 2. The molecule has 21 heavy (non-hydrogen) atoms. The summed E-state index contributed by atoms with van der Waals surface area (Å²) in [7, 11) is 0. The maximum Gasteiger partial charge on any atom is 0.127 e. The standard InChI is InChI=1S/C17H20FNO2/c1-3-19-12(2)16-9-6-14(18)10-17(16)21-11-13-4-7-15(20)8-5-13/h4-10,12,19-20H,3,11H2,1-2H3. The van der Waals surface area contributed by atoms with Gasteiger partial charge in [-0.3, -0.25) is 0 Å². The molecule has 0 aromatic heterocycles. The van der Waals surface area contributed by atoms with Crippen molar-refractivity contribution in [1.82, 2.24) is 5.32 Å². The Hall–Kier alpha value is -2.07. The second-order valence-corrected chi connectivity index (χ2v) is 4.92. The molecule has 0 saturated heterocycles. The van der Waals surface area contributed by atoms with Gasteiger partial charge in [0.05, 0.1) is 0 Å². The summed E-state index contributed by atoms with van der Waals surface area (Å²) in [6, 6.07) is 11.4. The van der Waals surface area contributed by atoms with E-state index < -0.39 is 0 Å². The van der Waals surface area contributed by atoms with Crippen molar-refractivity contribution in [2.45, 2.75) is 26.5 Å². The Labute approximate surface area is 124 Å². The first-order chi connectivity index (χ1) is 10.1. The number of aromatic hydroxyl groups is 1. The molecule has 0 spiro atoms. The molecule has 0 heterocycles. The number of nitrogens with one attached hydrogen (secondary N) is 1. The molecule has 1 unspecified atom stereocenters. The van der Waals surface area contributed by atoms with Crippen molar-refractivity contribution in [3.8, 4) is 11.5 Å². The summed E-state index contributed by atoms with van der Waals surface area (Å²) < 4.78 is 19.2. The number of hydrogen-bond acceptors (Lipinski definition) is 3. The Bertz CT molecular complexity index is 584. The molecule has 0 aliphatic rings. The molecule has 0 saturated carbocycles. The Morgan fingerprint density at radius 2 is 1.90 bits per heavy atom. The lowest BCUT2D eigenvalue weighted by Gasteiger charge is -2.18. The largest absolute Gasteiger partial charge is 0.508 e. The van der Waals surface area contributed by atoms with Gasteiger partial charge >= 0.3 is 0 Å². The lowest BCUT2D eigenvalue weighted by molar-refractivity contribution is 0.298. The second kappa shape index (κ2) is 7.09. The minimum absolute atomic E-state index is 0.0883. The molecular weight excluding hydrogens is 269 g/mol. The van der Waals surface area contributed by atoms with E-state index in [0.717, 1.165) is 17.7 Å².